The third-order valence-electron chi connectivity index (χ3n) is 5.07. The summed E-state index contributed by atoms with van der Waals surface area (Å²) < 4.78 is 0. The van der Waals surface area contributed by atoms with Gasteiger partial charge in [-0.2, -0.15) is 0 Å². The molecule has 1 aromatic heterocycles. The lowest BCUT2D eigenvalue weighted by Gasteiger charge is -2.27. The Labute approximate surface area is 152 Å². The maximum absolute atomic E-state index is 13.1. The van der Waals surface area contributed by atoms with Gasteiger partial charge in [0.1, 0.15) is 5.82 Å². The van der Waals surface area contributed by atoms with Gasteiger partial charge in [0, 0.05) is 18.9 Å². The molecule has 2 aromatic rings. The number of hydrogen-bond acceptors (Lipinski definition) is 4. The maximum atomic E-state index is 13.1. The molecule has 0 radical (unpaired) electrons. The molecule has 7 nitrogen and oxygen atoms in total. The first-order valence-electron chi connectivity index (χ1n) is 9.32. The molecule has 1 aliphatic rings. The van der Waals surface area contributed by atoms with E-state index in [2.05, 4.69) is 16.9 Å². The fourth-order valence-electron chi connectivity index (χ4n) is 3.71. The fourth-order valence-corrected chi connectivity index (χ4v) is 3.71. The molecular formula is C19H26N4O3. The van der Waals surface area contributed by atoms with Crippen molar-refractivity contribution in [2.24, 2.45) is 5.92 Å². The number of fused-ring (bicyclic) bond motifs is 1. The molecule has 2 amide bonds. The highest BCUT2D eigenvalue weighted by Crippen LogP contribution is 2.33. The predicted molar refractivity (Wildman–Crippen MR) is 97.3 cm³/mol. The first-order valence-corrected chi connectivity index (χ1v) is 9.32. The standard InChI is InChI=1S/C19H26N4O3/c1-2-3-7-13(12-17(24)22-26)19(25)23-11-6-10-16(23)18-20-14-8-4-5-9-15(14)21-18/h4-5,8-9,13,16,26H,2-3,6-7,10-12H2,1H3,(H,20,21)(H,22,24). The summed E-state index contributed by atoms with van der Waals surface area (Å²) in [5, 5.41) is 8.83. The van der Waals surface area contributed by atoms with Gasteiger partial charge in [-0.25, -0.2) is 10.5 Å². The number of unbranched alkanes of at least 4 members (excludes halogenated alkanes) is 1. The monoisotopic (exact) mass is 358 g/mol. The molecule has 0 saturated carbocycles. The molecule has 2 atom stereocenters. The Morgan fingerprint density at radius 2 is 2.23 bits per heavy atom. The number of aromatic nitrogens is 2. The van der Waals surface area contributed by atoms with Crippen LogP contribution in [0.4, 0.5) is 0 Å². The molecule has 1 aliphatic heterocycles. The minimum absolute atomic E-state index is 0.0126. The molecule has 0 spiro atoms. The number of hydroxylamine groups is 1. The smallest absolute Gasteiger partial charge is 0.244 e. The van der Waals surface area contributed by atoms with E-state index in [4.69, 9.17) is 5.21 Å². The first-order chi connectivity index (χ1) is 12.6. The summed E-state index contributed by atoms with van der Waals surface area (Å²) in [7, 11) is 0. The van der Waals surface area contributed by atoms with Crippen molar-refractivity contribution >= 4 is 22.8 Å². The zero-order chi connectivity index (χ0) is 18.5. The van der Waals surface area contributed by atoms with Gasteiger partial charge in [0.15, 0.2) is 0 Å². The minimum atomic E-state index is -0.515. The van der Waals surface area contributed by atoms with Crippen LogP contribution in [0, 0.1) is 5.92 Å². The van der Waals surface area contributed by atoms with E-state index in [-0.39, 0.29) is 18.4 Å². The van der Waals surface area contributed by atoms with E-state index in [1.807, 2.05) is 29.2 Å². The third kappa shape index (κ3) is 3.88. The molecule has 2 heterocycles. The fraction of sp³-hybridized carbons (Fsp3) is 0.526. The summed E-state index contributed by atoms with van der Waals surface area (Å²) in [6.07, 6.45) is 4.26. The second-order valence-corrected chi connectivity index (χ2v) is 6.91. The summed E-state index contributed by atoms with van der Waals surface area (Å²) in [5.41, 5.74) is 3.50. The molecule has 3 rings (SSSR count). The molecule has 1 fully saturated rings. The van der Waals surface area contributed by atoms with Gasteiger partial charge < -0.3 is 9.88 Å². The number of rotatable bonds is 7. The van der Waals surface area contributed by atoms with Crippen LogP contribution in [0.5, 0.6) is 0 Å². The Morgan fingerprint density at radius 3 is 2.96 bits per heavy atom. The molecule has 7 heteroatoms. The Morgan fingerprint density at radius 1 is 1.42 bits per heavy atom. The van der Waals surface area contributed by atoms with Crippen molar-refractivity contribution in [2.75, 3.05) is 6.54 Å². The van der Waals surface area contributed by atoms with Gasteiger partial charge in [-0.3, -0.25) is 14.8 Å². The van der Waals surface area contributed by atoms with E-state index in [0.29, 0.717) is 13.0 Å². The number of hydrogen-bond donors (Lipinski definition) is 3. The van der Waals surface area contributed by atoms with E-state index in [0.717, 1.165) is 42.5 Å². The van der Waals surface area contributed by atoms with Gasteiger partial charge >= 0.3 is 0 Å². The normalized spacial score (nSPS) is 18.2. The lowest BCUT2D eigenvalue weighted by molar-refractivity contribution is -0.141. The maximum Gasteiger partial charge on any atom is 0.244 e. The first kappa shape index (κ1) is 18.4. The van der Waals surface area contributed by atoms with Crippen LogP contribution in [0.1, 0.15) is 57.3 Å². The Kier molecular flexibility index (Phi) is 5.88. The van der Waals surface area contributed by atoms with E-state index < -0.39 is 11.8 Å². The predicted octanol–water partition coefficient (Wildman–Crippen LogP) is 2.93. The second kappa shape index (κ2) is 8.31. The van der Waals surface area contributed by atoms with Crippen molar-refractivity contribution < 1.29 is 14.8 Å². The third-order valence-corrected chi connectivity index (χ3v) is 5.07. The Hall–Kier alpha value is -2.41. The van der Waals surface area contributed by atoms with Crippen molar-refractivity contribution in [3.8, 4) is 0 Å². The van der Waals surface area contributed by atoms with Crippen molar-refractivity contribution in [3.05, 3.63) is 30.1 Å². The van der Waals surface area contributed by atoms with Crippen LogP contribution < -0.4 is 5.48 Å². The molecule has 1 aromatic carbocycles. The minimum Gasteiger partial charge on any atom is -0.340 e. The van der Waals surface area contributed by atoms with Crippen LogP contribution in [0.25, 0.3) is 11.0 Å². The van der Waals surface area contributed by atoms with Crippen LogP contribution in [-0.4, -0.2) is 38.4 Å². The Balaban J connectivity index is 1.80. The quantitative estimate of drug-likeness (QED) is 0.523. The zero-order valence-corrected chi connectivity index (χ0v) is 15.1. The van der Waals surface area contributed by atoms with Crippen LogP contribution in [0.3, 0.4) is 0 Å². The zero-order valence-electron chi connectivity index (χ0n) is 15.1. The highest BCUT2D eigenvalue weighted by Gasteiger charge is 2.36. The Bertz CT molecular complexity index is 740. The van der Waals surface area contributed by atoms with Gasteiger partial charge in [-0.1, -0.05) is 31.9 Å². The lowest BCUT2D eigenvalue weighted by atomic mass is 9.96. The van der Waals surface area contributed by atoms with Gasteiger partial charge in [-0.05, 0) is 31.4 Å². The summed E-state index contributed by atoms with van der Waals surface area (Å²) in [6.45, 7) is 2.73. The van der Waals surface area contributed by atoms with Crippen LogP contribution in [-0.2, 0) is 9.59 Å². The van der Waals surface area contributed by atoms with E-state index in [9.17, 15) is 9.59 Å². The topological polar surface area (TPSA) is 98.3 Å². The number of benzene rings is 1. The van der Waals surface area contributed by atoms with Crippen LogP contribution in [0.2, 0.25) is 0 Å². The highest BCUT2D eigenvalue weighted by molar-refractivity contribution is 5.86. The van der Waals surface area contributed by atoms with Gasteiger partial charge in [0.25, 0.3) is 0 Å². The van der Waals surface area contributed by atoms with Crippen molar-refractivity contribution in [3.63, 3.8) is 0 Å². The molecular weight excluding hydrogens is 332 g/mol. The summed E-state index contributed by atoms with van der Waals surface area (Å²) in [4.78, 5) is 34.6. The number of H-pyrrole nitrogens is 1. The number of likely N-dealkylation sites (tertiary alicyclic amines) is 1. The number of nitrogens with one attached hydrogen (secondary N) is 2. The molecule has 2 unspecified atom stereocenters. The van der Waals surface area contributed by atoms with Crippen LogP contribution >= 0.6 is 0 Å². The summed E-state index contributed by atoms with van der Waals surface area (Å²) in [5.74, 6) is -0.145. The molecule has 26 heavy (non-hydrogen) atoms. The lowest BCUT2D eigenvalue weighted by Crippen LogP contribution is -2.38. The molecule has 140 valence electrons. The largest absolute Gasteiger partial charge is 0.340 e. The number of carbonyl (C=O) groups is 2. The SMILES string of the molecule is CCCCC(CC(=O)NO)C(=O)N1CCCC1c1nc2ccccc2[nH]1. The van der Waals surface area contributed by atoms with Crippen molar-refractivity contribution in [1.82, 2.24) is 20.3 Å². The van der Waals surface area contributed by atoms with Gasteiger partial charge in [0.2, 0.25) is 11.8 Å². The van der Waals surface area contributed by atoms with Crippen LogP contribution in [0.15, 0.2) is 24.3 Å². The van der Waals surface area contributed by atoms with Crippen molar-refractivity contribution in [2.45, 2.75) is 51.5 Å². The van der Waals surface area contributed by atoms with Gasteiger partial charge in [-0.15, -0.1) is 0 Å². The number of amides is 2. The average Bonchev–Trinajstić information content (AvgIpc) is 3.30. The number of carbonyl (C=O) groups excluding carboxylic acids is 2. The van der Waals surface area contributed by atoms with Crippen molar-refractivity contribution in [1.29, 1.82) is 0 Å². The van der Waals surface area contributed by atoms with E-state index >= 15 is 0 Å². The van der Waals surface area contributed by atoms with Gasteiger partial charge in [0.05, 0.1) is 17.1 Å². The van der Waals surface area contributed by atoms with E-state index in [1.165, 1.54) is 0 Å². The second-order valence-electron chi connectivity index (χ2n) is 6.91. The number of imidazole rings is 1. The molecule has 0 bridgehead atoms. The number of nitrogens with zero attached hydrogens (tertiary/aromatic N) is 2. The number of para-hydroxylation sites is 2. The average molecular weight is 358 g/mol. The summed E-state index contributed by atoms with van der Waals surface area (Å²) in [6, 6.07) is 7.74. The highest BCUT2D eigenvalue weighted by atomic mass is 16.5. The summed E-state index contributed by atoms with van der Waals surface area (Å²) >= 11 is 0. The molecule has 1 saturated heterocycles. The van der Waals surface area contributed by atoms with E-state index in [1.54, 1.807) is 5.48 Å². The molecule has 3 N–H and O–H groups in total. The number of aromatic amines is 1. The molecule has 0 aliphatic carbocycles.